The van der Waals surface area contributed by atoms with Crippen LogP contribution >= 0.6 is 22.7 Å². The third kappa shape index (κ3) is 6.06. The zero-order valence-electron chi connectivity index (χ0n) is 25.6. The van der Waals surface area contributed by atoms with Crippen molar-refractivity contribution < 1.29 is 44.7 Å². The predicted octanol–water partition coefficient (Wildman–Crippen LogP) is 9.98. The zero-order chi connectivity index (χ0) is 36.2. The summed E-state index contributed by atoms with van der Waals surface area (Å²) in [5.74, 6) is -32.9. The second-order valence-corrected chi connectivity index (χ2v) is 13.4. The van der Waals surface area contributed by atoms with Crippen molar-refractivity contribution in [1.82, 2.24) is 9.97 Å². The first-order chi connectivity index (χ1) is 23.4. The molecule has 4 aromatic carbocycles. The van der Waals surface area contributed by atoms with Crippen molar-refractivity contribution in [2.45, 2.75) is 37.5 Å². The lowest BCUT2D eigenvalue weighted by Crippen LogP contribution is -2.67. The Kier molecular flexibility index (Phi) is 8.67. The number of fused-ring (bicyclic) bond motifs is 2. The standard InChI is InChI=1S/C34H22F8N4O2S2/c1-17-3-13-23-25(15-17)49-27(45-23)19-5-9-21(10-6-19)43-29(47)31(35,36)33(39,40)34(41,42)32(37,38)30(48)44-22-11-7-20(8-12-22)28-46-24-14-4-18(2)16-26(24)50-28/h3-16H,1-2H3,(H,43,47)(H,44,48). The maximum atomic E-state index is 14.7. The molecule has 6 nitrogen and oxygen atoms in total. The molecule has 0 spiro atoms. The molecule has 2 heterocycles. The Bertz CT molecular complexity index is 2090. The number of carbonyl (C=O) groups excluding carboxylic acids is 2. The van der Waals surface area contributed by atoms with E-state index in [0.29, 0.717) is 32.2 Å². The summed E-state index contributed by atoms with van der Waals surface area (Å²) in [6.07, 6.45) is 0. The molecule has 0 radical (unpaired) electrons. The SMILES string of the molecule is Cc1ccc2nc(-c3ccc(NC(=O)C(F)(F)C(F)(F)C(F)(F)C(F)(F)C(=O)Nc4ccc(-c5nc6ccc(C)cc6s5)cc4)cc3)sc2c1. The van der Waals surface area contributed by atoms with E-state index in [-0.39, 0.29) is 0 Å². The van der Waals surface area contributed by atoms with E-state index < -0.39 is 46.9 Å². The Balaban J connectivity index is 1.14. The molecule has 258 valence electrons. The molecular weight excluding hydrogens is 713 g/mol. The van der Waals surface area contributed by atoms with Crippen LogP contribution < -0.4 is 10.6 Å². The molecular formula is C34H22F8N4O2S2. The molecule has 0 unspecified atom stereocenters. The third-order valence-corrected chi connectivity index (χ3v) is 9.76. The van der Waals surface area contributed by atoms with Gasteiger partial charge in [0.25, 0.3) is 0 Å². The summed E-state index contributed by atoms with van der Waals surface area (Å²) < 4.78 is 119. The van der Waals surface area contributed by atoms with Crippen LogP contribution in [-0.4, -0.2) is 45.5 Å². The Morgan fingerprint density at radius 1 is 0.540 bits per heavy atom. The van der Waals surface area contributed by atoms with Gasteiger partial charge in [0, 0.05) is 22.5 Å². The Morgan fingerprint density at radius 3 is 1.22 bits per heavy atom. The number of carbonyl (C=O) groups is 2. The zero-order valence-corrected chi connectivity index (χ0v) is 27.3. The number of rotatable bonds is 9. The number of nitrogens with one attached hydrogen (secondary N) is 2. The van der Waals surface area contributed by atoms with Gasteiger partial charge in [-0.25, -0.2) is 9.97 Å². The van der Waals surface area contributed by atoms with Crippen LogP contribution in [0, 0.1) is 13.8 Å². The lowest BCUT2D eigenvalue weighted by atomic mass is 9.97. The summed E-state index contributed by atoms with van der Waals surface area (Å²) in [5.41, 5.74) is 3.18. The maximum Gasteiger partial charge on any atom is 0.393 e. The average Bonchev–Trinajstić information content (AvgIpc) is 3.69. The van der Waals surface area contributed by atoms with Gasteiger partial charge in [-0.1, -0.05) is 12.1 Å². The van der Waals surface area contributed by atoms with Gasteiger partial charge in [0.05, 0.1) is 20.4 Å². The fraction of sp³-hybridized carbons (Fsp3) is 0.176. The summed E-state index contributed by atoms with van der Waals surface area (Å²) in [5, 5.41) is 3.71. The minimum Gasteiger partial charge on any atom is -0.321 e. The first kappa shape index (κ1) is 34.9. The highest BCUT2D eigenvalue weighted by atomic mass is 32.1. The number of amides is 2. The molecule has 6 aromatic rings. The number of anilines is 2. The molecule has 2 N–H and O–H groups in total. The molecule has 0 atom stereocenters. The van der Waals surface area contributed by atoms with E-state index in [0.717, 1.165) is 44.8 Å². The molecule has 0 fully saturated rings. The number of thiazole rings is 2. The fourth-order valence-corrected chi connectivity index (χ4v) is 6.94. The lowest BCUT2D eigenvalue weighted by molar-refractivity contribution is -0.345. The van der Waals surface area contributed by atoms with Gasteiger partial charge in [0.15, 0.2) is 0 Å². The predicted molar refractivity (Wildman–Crippen MR) is 177 cm³/mol. The summed E-state index contributed by atoms with van der Waals surface area (Å²) >= 11 is 2.59. The molecule has 2 aromatic heterocycles. The molecule has 0 bridgehead atoms. The summed E-state index contributed by atoms with van der Waals surface area (Å²) in [4.78, 5) is 33.3. The third-order valence-electron chi connectivity index (χ3n) is 7.62. The molecule has 16 heteroatoms. The van der Waals surface area contributed by atoms with E-state index in [1.165, 1.54) is 57.6 Å². The molecule has 6 rings (SSSR count). The van der Waals surface area contributed by atoms with Crippen LogP contribution in [0.25, 0.3) is 41.6 Å². The van der Waals surface area contributed by atoms with Crippen molar-refractivity contribution >= 4 is 66.3 Å². The van der Waals surface area contributed by atoms with Gasteiger partial charge in [-0.15, -0.1) is 22.7 Å². The van der Waals surface area contributed by atoms with Crippen molar-refractivity contribution in [3.05, 3.63) is 96.1 Å². The van der Waals surface area contributed by atoms with Crippen LogP contribution in [0.2, 0.25) is 0 Å². The van der Waals surface area contributed by atoms with Crippen LogP contribution in [0.4, 0.5) is 46.5 Å². The molecule has 0 saturated carbocycles. The van der Waals surface area contributed by atoms with Gasteiger partial charge < -0.3 is 10.6 Å². The van der Waals surface area contributed by atoms with Crippen molar-refractivity contribution in [3.8, 4) is 21.1 Å². The first-order valence-electron chi connectivity index (χ1n) is 14.5. The smallest absolute Gasteiger partial charge is 0.321 e. The van der Waals surface area contributed by atoms with Gasteiger partial charge in [-0.05, 0) is 97.8 Å². The van der Waals surface area contributed by atoms with Crippen LogP contribution in [0.5, 0.6) is 0 Å². The van der Waals surface area contributed by atoms with Gasteiger partial charge >= 0.3 is 35.5 Å². The quantitative estimate of drug-likeness (QED) is 0.145. The van der Waals surface area contributed by atoms with Crippen LogP contribution in [0.15, 0.2) is 84.9 Å². The lowest BCUT2D eigenvalue weighted by Gasteiger charge is -2.35. The number of halogens is 8. The largest absolute Gasteiger partial charge is 0.393 e. The molecule has 0 saturated heterocycles. The van der Waals surface area contributed by atoms with Crippen LogP contribution in [0.3, 0.4) is 0 Å². The topological polar surface area (TPSA) is 84.0 Å². The van der Waals surface area contributed by atoms with E-state index in [1.54, 1.807) is 12.1 Å². The van der Waals surface area contributed by atoms with Crippen LogP contribution in [-0.2, 0) is 9.59 Å². The van der Waals surface area contributed by atoms with E-state index in [1.807, 2.05) is 38.1 Å². The highest BCUT2D eigenvalue weighted by Crippen LogP contribution is 2.53. The number of aromatic nitrogens is 2. The van der Waals surface area contributed by atoms with Gasteiger partial charge in [0.1, 0.15) is 10.0 Å². The highest BCUT2D eigenvalue weighted by molar-refractivity contribution is 7.22. The number of benzene rings is 4. The summed E-state index contributed by atoms with van der Waals surface area (Å²) in [7, 11) is 0. The monoisotopic (exact) mass is 734 g/mol. The molecule has 0 aliphatic heterocycles. The van der Waals surface area contributed by atoms with Crippen molar-refractivity contribution in [3.63, 3.8) is 0 Å². The van der Waals surface area contributed by atoms with Crippen molar-refractivity contribution in [1.29, 1.82) is 0 Å². The number of alkyl halides is 8. The Morgan fingerprint density at radius 2 is 0.880 bits per heavy atom. The second kappa shape index (κ2) is 12.4. The summed E-state index contributed by atoms with van der Waals surface area (Å²) in [6, 6.07) is 20.3. The molecule has 2 amide bonds. The number of hydrogen-bond acceptors (Lipinski definition) is 6. The van der Waals surface area contributed by atoms with Crippen molar-refractivity contribution in [2.75, 3.05) is 10.6 Å². The molecule has 0 aliphatic carbocycles. The number of nitrogens with zero attached hydrogens (tertiary/aromatic N) is 2. The van der Waals surface area contributed by atoms with Crippen LogP contribution in [0.1, 0.15) is 11.1 Å². The fourth-order valence-electron chi connectivity index (χ4n) is 4.80. The van der Waals surface area contributed by atoms with E-state index >= 15 is 0 Å². The molecule has 0 aliphatic rings. The number of aryl methyl sites for hydroxylation is 2. The Hall–Kier alpha value is -4.96. The van der Waals surface area contributed by atoms with Crippen molar-refractivity contribution in [2.24, 2.45) is 0 Å². The van der Waals surface area contributed by atoms with E-state index in [9.17, 15) is 44.7 Å². The first-order valence-corrected chi connectivity index (χ1v) is 16.1. The van der Waals surface area contributed by atoms with Gasteiger partial charge in [0.2, 0.25) is 0 Å². The number of hydrogen-bond donors (Lipinski definition) is 2. The van der Waals surface area contributed by atoms with E-state index in [2.05, 4.69) is 9.97 Å². The Labute approximate surface area is 285 Å². The van der Waals surface area contributed by atoms with Gasteiger partial charge in [-0.2, -0.15) is 35.1 Å². The highest BCUT2D eigenvalue weighted by Gasteiger charge is 2.84. The van der Waals surface area contributed by atoms with E-state index in [4.69, 9.17) is 0 Å². The molecule has 50 heavy (non-hydrogen) atoms. The minimum atomic E-state index is -7.03. The maximum absolute atomic E-state index is 14.7. The summed E-state index contributed by atoms with van der Waals surface area (Å²) in [6.45, 7) is 3.76. The average molecular weight is 735 g/mol. The second-order valence-electron chi connectivity index (χ2n) is 11.3. The van der Waals surface area contributed by atoms with Gasteiger partial charge in [-0.3, -0.25) is 9.59 Å². The normalized spacial score (nSPS) is 12.8. The minimum absolute atomic E-state index is 0.456.